The van der Waals surface area contributed by atoms with Crippen LogP contribution in [0.2, 0.25) is 0 Å². The van der Waals surface area contributed by atoms with Gasteiger partial charge in [-0.15, -0.1) is 0 Å². The monoisotopic (exact) mass is 291 g/mol. The molecule has 2 fully saturated rings. The summed E-state index contributed by atoms with van der Waals surface area (Å²) >= 11 is 0. The standard InChI is InChI=1S/C17H25NO3/c1-19-14-7-8-16(20-2)15(10-14)17-12(4-3-9-21-17)11-18-13-5-6-13/h7-8,10,12-13,17-18H,3-6,9,11H2,1-2H3. The lowest BCUT2D eigenvalue weighted by molar-refractivity contribution is -0.0290. The quantitative estimate of drug-likeness (QED) is 0.875. The van der Waals surface area contributed by atoms with E-state index in [4.69, 9.17) is 14.2 Å². The highest BCUT2D eigenvalue weighted by Gasteiger charge is 2.31. The van der Waals surface area contributed by atoms with Crippen molar-refractivity contribution in [1.29, 1.82) is 0 Å². The van der Waals surface area contributed by atoms with Gasteiger partial charge in [0.05, 0.1) is 20.3 Å². The summed E-state index contributed by atoms with van der Waals surface area (Å²) in [6.07, 6.45) is 5.07. The van der Waals surface area contributed by atoms with Gasteiger partial charge in [0.2, 0.25) is 0 Å². The fraction of sp³-hybridized carbons (Fsp3) is 0.647. The molecule has 0 spiro atoms. The van der Waals surface area contributed by atoms with Crippen LogP contribution < -0.4 is 14.8 Å². The zero-order valence-corrected chi connectivity index (χ0v) is 12.9. The Labute approximate surface area is 126 Å². The molecule has 21 heavy (non-hydrogen) atoms. The summed E-state index contributed by atoms with van der Waals surface area (Å²) in [5, 5.41) is 3.64. The van der Waals surface area contributed by atoms with E-state index in [0.717, 1.165) is 42.7 Å². The average molecular weight is 291 g/mol. The van der Waals surface area contributed by atoms with E-state index in [1.807, 2.05) is 12.1 Å². The molecule has 0 amide bonds. The van der Waals surface area contributed by atoms with E-state index in [-0.39, 0.29) is 6.10 Å². The molecule has 2 atom stereocenters. The second-order valence-electron chi connectivity index (χ2n) is 5.98. The molecular weight excluding hydrogens is 266 g/mol. The van der Waals surface area contributed by atoms with Gasteiger partial charge >= 0.3 is 0 Å². The minimum atomic E-state index is 0.0926. The molecule has 1 aliphatic carbocycles. The van der Waals surface area contributed by atoms with Crippen LogP contribution in [0.15, 0.2) is 18.2 Å². The topological polar surface area (TPSA) is 39.7 Å². The number of ether oxygens (including phenoxy) is 3. The average Bonchev–Trinajstić information content (AvgIpc) is 3.37. The second kappa shape index (κ2) is 6.67. The lowest BCUT2D eigenvalue weighted by Gasteiger charge is -2.33. The molecule has 1 aromatic rings. The van der Waals surface area contributed by atoms with Gasteiger partial charge in [0.1, 0.15) is 11.5 Å². The Morgan fingerprint density at radius 2 is 2.05 bits per heavy atom. The van der Waals surface area contributed by atoms with Gasteiger partial charge in [0, 0.05) is 30.7 Å². The first-order valence-corrected chi connectivity index (χ1v) is 7.88. The van der Waals surface area contributed by atoms with Gasteiger partial charge in [0.25, 0.3) is 0 Å². The van der Waals surface area contributed by atoms with Crippen LogP contribution in [0.3, 0.4) is 0 Å². The Balaban J connectivity index is 1.80. The van der Waals surface area contributed by atoms with E-state index in [0.29, 0.717) is 5.92 Å². The first-order valence-electron chi connectivity index (χ1n) is 7.88. The number of hydrogen-bond donors (Lipinski definition) is 1. The molecule has 0 radical (unpaired) electrons. The Morgan fingerprint density at radius 1 is 1.19 bits per heavy atom. The van der Waals surface area contributed by atoms with Gasteiger partial charge in [-0.05, 0) is 43.9 Å². The molecule has 1 aromatic carbocycles. The highest BCUT2D eigenvalue weighted by atomic mass is 16.5. The van der Waals surface area contributed by atoms with E-state index in [2.05, 4.69) is 11.4 Å². The first kappa shape index (κ1) is 14.7. The van der Waals surface area contributed by atoms with Gasteiger partial charge in [-0.3, -0.25) is 0 Å². The minimum Gasteiger partial charge on any atom is -0.497 e. The molecule has 4 nitrogen and oxygen atoms in total. The normalized spacial score (nSPS) is 25.6. The fourth-order valence-electron chi connectivity index (χ4n) is 3.06. The van der Waals surface area contributed by atoms with Crippen LogP contribution in [0.1, 0.15) is 37.4 Å². The van der Waals surface area contributed by atoms with Crippen molar-refractivity contribution in [3.05, 3.63) is 23.8 Å². The number of hydrogen-bond acceptors (Lipinski definition) is 4. The smallest absolute Gasteiger partial charge is 0.124 e. The Hall–Kier alpha value is -1.26. The number of rotatable bonds is 6. The molecule has 3 rings (SSSR count). The van der Waals surface area contributed by atoms with E-state index in [9.17, 15) is 0 Å². The molecule has 4 heteroatoms. The maximum absolute atomic E-state index is 6.10. The molecule has 1 N–H and O–H groups in total. The molecule has 1 aliphatic heterocycles. The van der Waals surface area contributed by atoms with Gasteiger partial charge < -0.3 is 19.5 Å². The zero-order valence-electron chi connectivity index (χ0n) is 12.9. The third-order valence-corrected chi connectivity index (χ3v) is 4.43. The molecule has 1 heterocycles. The maximum atomic E-state index is 6.10. The first-order chi connectivity index (χ1) is 10.3. The molecule has 1 saturated carbocycles. The SMILES string of the molecule is COc1ccc(OC)c(C2OCCCC2CNC2CC2)c1. The number of methoxy groups -OCH3 is 2. The Morgan fingerprint density at radius 3 is 2.76 bits per heavy atom. The molecule has 2 unspecified atom stereocenters. The summed E-state index contributed by atoms with van der Waals surface area (Å²) in [6, 6.07) is 6.69. The summed E-state index contributed by atoms with van der Waals surface area (Å²) in [7, 11) is 3.41. The van der Waals surface area contributed by atoms with Gasteiger partial charge in [-0.25, -0.2) is 0 Å². The van der Waals surface area contributed by atoms with Crippen LogP contribution in [-0.2, 0) is 4.74 Å². The molecule has 2 aliphatic rings. The summed E-state index contributed by atoms with van der Waals surface area (Å²) < 4.78 is 17.0. The third kappa shape index (κ3) is 3.50. The van der Waals surface area contributed by atoms with Crippen LogP contribution in [0.5, 0.6) is 11.5 Å². The maximum Gasteiger partial charge on any atom is 0.124 e. The van der Waals surface area contributed by atoms with E-state index in [1.165, 1.54) is 19.3 Å². The Kier molecular flexibility index (Phi) is 4.66. The molecular formula is C17H25NO3. The highest BCUT2D eigenvalue weighted by molar-refractivity contribution is 5.42. The highest BCUT2D eigenvalue weighted by Crippen LogP contribution is 2.39. The van der Waals surface area contributed by atoms with Crippen molar-refractivity contribution < 1.29 is 14.2 Å². The van der Waals surface area contributed by atoms with E-state index >= 15 is 0 Å². The second-order valence-corrected chi connectivity index (χ2v) is 5.98. The summed E-state index contributed by atoms with van der Waals surface area (Å²) in [5.41, 5.74) is 1.11. The largest absolute Gasteiger partial charge is 0.497 e. The summed E-state index contributed by atoms with van der Waals surface area (Å²) in [5.74, 6) is 2.24. The van der Waals surface area contributed by atoms with Crippen LogP contribution >= 0.6 is 0 Å². The van der Waals surface area contributed by atoms with E-state index in [1.54, 1.807) is 14.2 Å². The molecule has 0 aromatic heterocycles. The van der Waals surface area contributed by atoms with Gasteiger partial charge in [-0.1, -0.05) is 0 Å². The molecule has 0 bridgehead atoms. The van der Waals surface area contributed by atoms with Crippen molar-refractivity contribution >= 4 is 0 Å². The summed E-state index contributed by atoms with van der Waals surface area (Å²) in [6.45, 7) is 1.85. The number of benzene rings is 1. The van der Waals surface area contributed by atoms with Crippen molar-refractivity contribution in [3.63, 3.8) is 0 Å². The lowest BCUT2D eigenvalue weighted by atomic mass is 9.88. The van der Waals surface area contributed by atoms with Gasteiger partial charge in [-0.2, -0.15) is 0 Å². The van der Waals surface area contributed by atoms with Crippen molar-refractivity contribution in [2.24, 2.45) is 5.92 Å². The van der Waals surface area contributed by atoms with Crippen molar-refractivity contribution in [3.8, 4) is 11.5 Å². The molecule has 116 valence electrons. The predicted octanol–water partition coefficient (Wildman–Crippen LogP) is 2.92. The van der Waals surface area contributed by atoms with Crippen LogP contribution in [0, 0.1) is 5.92 Å². The fourth-order valence-corrected chi connectivity index (χ4v) is 3.06. The van der Waals surface area contributed by atoms with Crippen molar-refractivity contribution in [1.82, 2.24) is 5.32 Å². The minimum absolute atomic E-state index is 0.0926. The summed E-state index contributed by atoms with van der Waals surface area (Å²) in [4.78, 5) is 0. The van der Waals surface area contributed by atoms with E-state index < -0.39 is 0 Å². The van der Waals surface area contributed by atoms with Crippen molar-refractivity contribution in [2.75, 3.05) is 27.4 Å². The zero-order chi connectivity index (χ0) is 14.7. The van der Waals surface area contributed by atoms with Crippen LogP contribution in [0.25, 0.3) is 0 Å². The van der Waals surface area contributed by atoms with Crippen molar-refractivity contribution in [2.45, 2.75) is 37.8 Å². The van der Waals surface area contributed by atoms with Gasteiger partial charge in [0.15, 0.2) is 0 Å². The third-order valence-electron chi connectivity index (χ3n) is 4.43. The predicted molar refractivity (Wildman–Crippen MR) is 82.0 cm³/mol. The van der Waals surface area contributed by atoms with Crippen LogP contribution in [0.4, 0.5) is 0 Å². The number of nitrogens with one attached hydrogen (secondary N) is 1. The van der Waals surface area contributed by atoms with Crippen LogP contribution in [-0.4, -0.2) is 33.4 Å². The molecule has 1 saturated heterocycles. The lowest BCUT2D eigenvalue weighted by Crippen LogP contribution is -2.33. The Bertz CT molecular complexity index is 473.